The third-order valence-corrected chi connectivity index (χ3v) is 5.00. The Morgan fingerprint density at radius 1 is 1.33 bits per heavy atom. The maximum Gasteiger partial charge on any atom is 0.0642 e. The summed E-state index contributed by atoms with van der Waals surface area (Å²) in [5.41, 5.74) is 2.39. The molecule has 1 heterocycles. The van der Waals surface area contributed by atoms with Gasteiger partial charge in [-0.3, -0.25) is 0 Å². The Balaban J connectivity index is 1.70. The van der Waals surface area contributed by atoms with E-state index in [1.165, 1.54) is 23.3 Å². The SMILES string of the molecule is CCN(Cc1cccs1)c1ccc(CNC2CC2)cc1Cl. The lowest BCUT2D eigenvalue weighted by atomic mass is 10.2. The summed E-state index contributed by atoms with van der Waals surface area (Å²) in [6, 6.07) is 11.5. The molecule has 4 heteroatoms. The fourth-order valence-corrected chi connectivity index (χ4v) is 3.47. The van der Waals surface area contributed by atoms with Crippen LogP contribution in [0, 0.1) is 0 Å². The van der Waals surface area contributed by atoms with E-state index in [0.29, 0.717) is 0 Å². The van der Waals surface area contributed by atoms with Gasteiger partial charge >= 0.3 is 0 Å². The third-order valence-electron chi connectivity index (χ3n) is 3.83. The van der Waals surface area contributed by atoms with Gasteiger partial charge in [0.15, 0.2) is 0 Å². The average molecular weight is 321 g/mol. The van der Waals surface area contributed by atoms with Crippen molar-refractivity contribution in [2.24, 2.45) is 0 Å². The molecule has 1 saturated carbocycles. The smallest absolute Gasteiger partial charge is 0.0642 e. The number of nitrogens with zero attached hydrogens (tertiary/aromatic N) is 1. The summed E-state index contributed by atoms with van der Waals surface area (Å²) in [6.07, 6.45) is 2.63. The van der Waals surface area contributed by atoms with Crippen molar-refractivity contribution in [2.45, 2.75) is 38.9 Å². The summed E-state index contributed by atoms with van der Waals surface area (Å²) in [6.45, 7) is 4.97. The highest BCUT2D eigenvalue weighted by molar-refractivity contribution is 7.09. The van der Waals surface area contributed by atoms with Crippen LogP contribution in [0.3, 0.4) is 0 Å². The Hall–Kier alpha value is -1.03. The lowest BCUT2D eigenvalue weighted by molar-refractivity contribution is 0.687. The molecule has 3 rings (SSSR count). The van der Waals surface area contributed by atoms with Crippen molar-refractivity contribution >= 4 is 28.6 Å². The van der Waals surface area contributed by atoms with Crippen molar-refractivity contribution in [3.05, 3.63) is 51.2 Å². The summed E-state index contributed by atoms with van der Waals surface area (Å²) < 4.78 is 0. The van der Waals surface area contributed by atoms with Crippen LogP contribution >= 0.6 is 22.9 Å². The quantitative estimate of drug-likeness (QED) is 0.797. The molecule has 0 unspecified atom stereocenters. The van der Waals surface area contributed by atoms with E-state index in [0.717, 1.165) is 36.4 Å². The first-order valence-electron chi connectivity index (χ1n) is 7.55. The van der Waals surface area contributed by atoms with Crippen LogP contribution in [0.25, 0.3) is 0 Å². The van der Waals surface area contributed by atoms with Gasteiger partial charge in [0.1, 0.15) is 0 Å². The normalized spacial score (nSPS) is 14.4. The monoisotopic (exact) mass is 320 g/mol. The number of rotatable bonds is 7. The Kier molecular flexibility index (Phi) is 4.84. The summed E-state index contributed by atoms with van der Waals surface area (Å²) in [5.74, 6) is 0. The van der Waals surface area contributed by atoms with Gasteiger partial charge in [0.25, 0.3) is 0 Å². The Bertz CT molecular complexity index is 578. The van der Waals surface area contributed by atoms with Gasteiger partial charge in [0.05, 0.1) is 17.3 Å². The van der Waals surface area contributed by atoms with Gasteiger partial charge in [0.2, 0.25) is 0 Å². The van der Waals surface area contributed by atoms with Crippen LogP contribution in [-0.2, 0) is 13.1 Å². The Morgan fingerprint density at radius 3 is 2.81 bits per heavy atom. The topological polar surface area (TPSA) is 15.3 Å². The van der Waals surface area contributed by atoms with Crippen molar-refractivity contribution < 1.29 is 0 Å². The first-order valence-corrected chi connectivity index (χ1v) is 8.81. The van der Waals surface area contributed by atoms with Crippen LogP contribution in [0.5, 0.6) is 0 Å². The molecule has 0 aliphatic heterocycles. The maximum atomic E-state index is 6.51. The minimum absolute atomic E-state index is 0.731. The van der Waals surface area contributed by atoms with Crippen LogP contribution in [0.1, 0.15) is 30.2 Å². The minimum Gasteiger partial charge on any atom is -0.365 e. The number of halogens is 1. The lowest BCUT2D eigenvalue weighted by Crippen LogP contribution is -2.22. The van der Waals surface area contributed by atoms with E-state index in [1.54, 1.807) is 11.3 Å². The second kappa shape index (κ2) is 6.82. The van der Waals surface area contributed by atoms with E-state index in [2.05, 4.69) is 52.9 Å². The molecule has 21 heavy (non-hydrogen) atoms. The van der Waals surface area contributed by atoms with Crippen LogP contribution in [0.15, 0.2) is 35.7 Å². The molecule has 0 atom stereocenters. The highest BCUT2D eigenvalue weighted by Crippen LogP contribution is 2.29. The minimum atomic E-state index is 0.731. The number of anilines is 1. The van der Waals surface area contributed by atoms with E-state index in [4.69, 9.17) is 11.6 Å². The second-order valence-electron chi connectivity index (χ2n) is 5.53. The molecular weight excluding hydrogens is 300 g/mol. The Morgan fingerprint density at radius 2 is 2.19 bits per heavy atom. The molecule has 1 fully saturated rings. The number of hydrogen-bond acceptors (Lipinski definition) is 3. The molecule has 1 aromatic carbocycles. The molecule has 1 aliphatic carbocycles. The first kappa shape index (κ1) is 14.9. The summed E-state index contributed by atoms with van der Waals surface area (Å²) in [5, 5.41) is 6.50. The molecule has 0 radical (unpaired) electrons. The van der Waals surface area contributed by atoms with Gasteiger partial charge in [0, 0.05) is 24.0 Å². The van der Waals surface area contributed by atoms with E-state index < -0.39 is 0 Å². The summed E-state index contributed by atoms with van der Waals surface area (Å²) in [7, 11) is 0. The number of nitrogens with one attached hydrogen (secondary N) is 1. The molecule has 0 bridgehead atoms. The van der Waals surface area contributed by atoms with Crippen LogP contribution in [0.4, 0.5) is 5.69 Å². The molecule has 112 valence electrons. The van der Waals surface area contributed by atoms with Gasteiger partial charge in [-0.25, -0.2) is 0 Å². The molecule has 0 saturated heterocycles. The van der Waals surface area contributed by atoms with Gasteiger partial charge in [-0.1, -0.05) is 23.7 Å². The number of benzene rings is 1. The molecule has 2 nitrogen and oxygen atoms in total. The predicted molar refractivity (Wildman–Crippen MR) is 92.4 cm³/mol. The average Bonchev–Trinajstić information content (AvgIpc) is 3.18. The lowest BCUT2D eigenvalue weighted by Gasteiger charge is -2.24. The van der Waals surface area contributed by atoms with Crippen molar-refractivity contribution in [2.75, 3.05) is 11.4 Å². The van der Waals surface area contributed by atoms with Crippen LogP contribution < -0.4 is 10.2 Å². The molecule has 2 aromatic rings. The fourth-order valence-electron chi connectivity index (χ4n) is 2.42. The fraction of sp³-hybridized carbons (Fsp3) is 0.412. The van der Waals surface area contributed by atoms with E-state index in [1.807, 2.05) is 0 Å². The third kappa shape index (κ3) is 4.00. The number of hydrogen-bond donors (Lipinski definition) is 1. The second-order valence-corrected chi connectivity index (χ2v) is 6.97. The van der Waals surface area contributed by atoms with Gasteiger partial charge < -0.3 is 10.2 Å². The highest BCUT2D eigenvalue weighted by Gasteiger charge is 2.20. The highest BCUT2D eigenvalue weighted by atomic mass is 35.5. The standard InChI is InChI=1S/C17H21ClN2S/c1-2-20(12-15-4-3-9-21-15)17-8-5-13(10-16(17)18)11-19-14-6-7-14/h3-5,8-10,14,19H,2,6-7,11-12H2,1H3. The van der Waals surface area contributed by atoms with E-state index >= 15 is 0 Å². The zero-order valence-corrected chi connectivity index (χ0v) is 13.9. The molecule has 1 aliphatic rings. The Labute approximate surface area is 135 Å². The zero-order chi connectivity index (χ0) is 14.7. The van der Waals surface area contributed by atoms with E-state index in [9.17, 15) is 0 Å². The largest absolute Gasteiger partial charge is 0.365 e. The molecule has 1 N–H and O–H groups in total. The van der Waals surface area contributed by atoms with Gasteiger partial charge in [-0.15, -0.1) is 11.3 Å². The van der Waals surface area contributed by atoms with Gasteiger partial charge in [-0.2, -0.15) is 0 Å². The van der Waals surface area contributed by atoms with E-state index in [-0.39, 0.29) is 0 Å². The van der Waals surface area contributed by atoms with Crippen molar-refractivity contribution in [3.8, 4) is 0 Å². The van der Waals surface area contributed by atoms with Crippen molar-refractivity contribution in [1.29, 1.82) is 0 Å². The molecule has 0 amide bonds. The molecular formula is C17H21ClN2S. The predicted octanol–water partition coefficient (Wildman–Crippen LogP) is 4.68. The maximum absolute atomic E-state index is 6.51. The zero-order valence-electron chi connectivity index (χ0n) is 12.3. The first-order chi connectivity index (χ1) is 10.3. The van der Waals surface area contributed by atoms with Crippen molar-refractivity contribution in [3.63, 3.8) is 0 Å². The van der Waals surface area contributed by atoms with Crippen LogP contribution in [0.2, 0.25) is 5.02 Å². The van der Waals surface area contributed by atoms with Crippen LogP contribution in [-0.4, -0.2) is 12.6 Å². The van der Waals surface area contributed by atoms with Gasteiger partial charge in [-0.05, 0) is 48.9 Å². The molecule has 1 aromatic heterocycles. The summed E-state index contributed by atoms with van der Waals surface area (Å²) in [4.78, 5) is 3.69. The van der Waals surface area contributed by atoms with Crippen molar-refractivity contribution in [1.82, 2.24) is 5.32 Å². The number of thiophene rings is 1. The molecule has 0 spiro atoms. The summed E-state index contributed by atoms with van der Waals surface area (Å²) >= 11 is 8.30.